The summed E-state index contributed by atoms with van der Waals surface area (Å²) in [6.07, 6.45) is 0. The Bertz CT molecular complexity index is 461. The summed E-state index contributed by atoms with van der Waals surface area (Å²) in [5, 5.41) is 0.514. The van der Waals surface area contributed by atoms with Crippen molar-refractivity contribution in [3.63, 3.8) is 0 Å². The molecule has 0 bridgehead atoms. The van der Waals surface area contributed by atoms with Crippen LogP contribution in [0.25, 0.3) is 10.9 Å². The summed E-state index contributed by atoms with van der Waals surface area (Å²) in [7, 11) is 0. The first kappa shape index (κ1) is 11.4. The number of pyridine rings is 1. The molecule has 15 heavy (non-hydrogen) atoms. The van der Waals surface area contributed by atoms with Crippen LogP contribution < -0.4 is 5.73 Å². The second-order valence-corrected chi connectivity index (χ2v) is 3.05. The highest BCUT2D eigenvalue weighted by Gasteiger charge is 2.02. The molecular weight excluding hydrogens is 191 g/mol. The first-order chi connectivity index (χ1) is 7.16. The van der Waals surface area contributed by atoms with Crippen LogP contribution in [0.1, 0.15) is 19.4 Å². The summed E-state index contributed by atoms with van der Waals surface area (Å²) in [5.74, 6) is 0.167. The molecule has 0 aliphatic rings. The molecule has 2 N–H and O–H groups in total. The Hall–Kier alpha value is -1.64. The van der Waals surface area contributed by atoms with E-state index in [-0.39, 0.29) is 5.82 Å². The van der Waals surface area contributed by atoms with Crippen LogP contribution >= 0.6 is 0 Å². The minimum absolute atomic E-state index is 0.248. The molecule has 1 aromatic heterocycles. The van der Waals surface area contributed by atoms with Gasteiger partial charge in [-0.2, -0.15) is 0 Å². The first-order valence-electron chi connectivity index (χ1n) is 4.99. The molecule has 2 nitrogen and oxygen atoms in total. The summed E-state index contributed by atoms with van der Waals surface area (Å²) in [6, 6.07) is 6.54. The summed E-state index contributed by atoms with van der Waals surface area (Å²) >= 11 is 0. The molecule has 0 spiro atoms. The molecule has 1 aromatic carbocycles. The molecular formula is C12H15FN2. The van der Waals surface area contributed by atoms with E-state index in [1.807, 2.05) is 26.8 Å². The summed E-state index contributed by atoms with van der Waals surface area (Å²) in [4.78, 5) is 4.04. The first-order valence-corrected chi connectivity index (χ1v) is 4.99. The lowest BCUT2D eigenvalue weighted by Gasteiger charge is -2.01. The van der Waals surface area contributed by atoms with E-state index in [1.54, 1.807) is 12.1 Å². The van der Waals surface area contributed by atoms with Crippen LogP contribution in [-0.4, -0.2) is 4.98 Å². The topological polar surface area (TPSA) is 38.9 Å². The van der Waals surface area contributed by atoms with Gasteiger partial charge in [0.2, 0.25) is 0 Å². The second-order valence-electron chi connectivity index (χ2n) is 3.05. The van der Waals surface area contributed by atoms with Crippen molar-refractivity contribution >= 4 is 16.7 Å². The highest BCUT2D eigenvalue weighted by molar-refractivity contribution is 5.81. The highest BCUT2D eigenvalue weighted by atomic mass is 19.1. The molecule has 0 radical (unpaired) electrons. The molecule has 0 aliphatic carbocycles. The zero-order chi connectivity index (χ0) is 11.4. The number of nitrogens with zero attached hydrogens (tertiary/aromatic N) is 1. The molecule has 3 heteroatoms. The number of hydrogen-bond donors (Lipinski definition) is 1. The van der Waals surface area contributed by atoms with Gasteiger partial charge in [-0.15, -0.1) is 0 Å². The monoisotopic (exact) mass is 206 g/mol. The fraction of sp³-hybridized carbons (Fsp3) is 0.250. The van der Waals surface area contributed by atoms with Crippen molar-refractivity contribution in [3.05, 3.63) is 35.6 Å². The van der Waals surface area contributed by atoms with Gasteiger partial charge in [-0.25, -0.2) is 9.37 Å². The molecule has 1 heterocycles. The highest BCUT2D eigenvalue weighted by Crippen LogP contribution is 2.18. The van der Waals surface area contributed by atoms with E-state index >= 15 is 0 Å². The van der Waals surface area contributed by atoms with Crippen molar-refractivity contribution in [2.24, 2.45) is 0 Å². The van der Waals surface area contributed by atoms with Crippen LogP contribution in [0.5, 0.6) is 0 Å². The lowest BCUT2D eigenvalue weighted by molar-refractivity contribution is 0.638. The standard InChI is InChI=1S/C10H9FN2.C2H6/c1-6-4-8(11)7-2-3-10(12)13-9(7)5-6;1-2/h2-5H,1H3,(H2,12,13);1-2H3. The van der Waals surface area contributed by atoms with E-state index in [0.717, 1.165) is 5.56 Å². The van der Waals surface area contributed by atoms with Gasteiger partial charge < -0.3 is 5.73 Å². The predicted molar refractivity (Wildman–Crippen MR) is 62.2 cm³/mol. The van der Waals surface area contributed by atoms with Gasteiger partial charge in [-0.3, -0.25) is 0 Å². The third kappa shape index (κ3) is 2.43. The number of halogens is 1. The molecule has 2 aromatic rings. The van der Waals surface area contributed by atoms with Crippen LogP contribution in [0.4, 0.5) is 10.2 Å². The van der Waals surface area contributed by atoms with Crippen LogP contribution in [-0.2, 0) is 0 Å². The van der Waals surface area contributed by atoms with E-state index in [4.69, 9.17) is 5.73 Å². The summed E-state index contributed by atoms with van der Waals surface area (Å²) < 4.78 is 13.3. The Kier molecular flexibility index (Phi) is 3.61. The van der Waals surface area contributed by atoms with Crippen molar-refractivity contribution in [1.82, 2.24) is 4.98 Å². The van der Waals surface area contributed by atoms with Crippen LogP contribution in [0, 0.1) is 12.7 Å². The van der Waals surface area contributed by atoms with Crippen LogP contribution in [0.15, 0.2) is 24.3 Å². The van der Waals surface area contributed by atoms with Gasteiger partial charge in [0.25, 0.3) is 0 Å². The zero-order valence-electron chi connectivity index (χ0n) is 9.21. The number of nitrogens with two attached hydrogens (primary N) is 1. The Balaban J connectivity index is 0.000000531. The minimum atomic E-state index is -0.248. The van der Waals surface area contributed by atoms with E-state index in [1.165, 1.54) is 6.07 Å². The quantitative estimate of drug-likeness (QED) is 0.718. The Morgan fingerprint density at radius 1 is 1.20 bits per heavy atom. The average Bonchev–Trinajstić information content (AvgIpc) is 2.19. The minimum Gasteiger partial charge on any atom is -0.384 e. The van der Waals surface area contributed by atoms with Gasteiger partial charge in [-0.05, 0) is 36.8 Å². The maximum Gasteiger partial charge on any atom is 0.132 e. The number of hydrogen-bond acceptors (Lipinski definition) is 2. The number of rotatable bonds is 0. The molecule has 2 rings (SSSR count). The van der Waals surface area contributed by atoms with E-state index in [2.05, 4.69) is 4.98 Å². The van der Waals surface area contributed by atoms with Crippen molar-refractivity contribution in [2.45, 2.75) is 20.8 Å². The van der Waals surface area contributed by atoms with Crippen molar-refractivity contribution in [1.29, 1.82) is 0 Å². The molecule has 0 atom stereocenters. The summed E-state index contributed by atoms with van der Waals surface area (Å²) in [5.41, 5.74) is 6.95. The van der Waals surface area contributed by atoms with E-state index < -0.39 is 0 Å². The van der Waals surface area contributed by atoms with E-state index in [9.17, 15) is 4.39 Å². The average molecular weight is 206 g/mol. The largest absolute Gasteiger partial charge is 0.384 e. The van der Waals surface area contributed by atoms with E-state index in [0.29, 0.717) is 16.7 Å². The Morgan fingerprint density at radius 2 is 1.87 bits per heavy atom. The summed E-state index contributed by atoms with van der Waals surface area (Å²) in [6.45, 7) is 5.83. The zero-order valence-corrected chi connectivity index (χ0v) is 9.21. The van der Waals surface area contributed by atoms with Gasteiger partial charge in [0.1, 0.15) is 11.6 Å². The smallest absolute Gasteiger partial charge is 0.132 e. The molecule has 0 saturated heterocycles. The van der Waals surface area contributed by atoms with Crippen molar-refractivity contribution in [3.8, 4) is 0 Å². The molecule has 0 unspecified atom stereocenters. The maximum absolute atomic E-state index is 13.3. The molecule has 0 fully saturated rings. The lowest BCUT2D eigenvalue weighted by Crippen LogP contribution is -1.91. The lowest BCUT2D eigenvalue weighted by atomic mass is 10.1. The van der Waals surface area contributed by atoms with Crippen LogP contribution in [0.3, 0.4) is 0 Å². The van der Waals surface area contributed by atoms with Gasteiger partial charge >= 0.3 is 0 Å². The molecule has 0 amide bonds. The second kappa shape index (κ2) is 4.73. The third-order valence-electron chi connectivity index (χ3n) is 1.92. The third-order valence-corrected chi connectivity index (χ3v) is 1.92. The van der Waals surface area contributed by atoms with Gasteiger partial charge in [0, 0.05) is 5.39 Å². The number of aryl methyl sites for hydroxylation is 1. The van der Waals surface area contributed by atoms with Gasteiger partial charge in [0.05, 0.1) is 5.52 Å². The van der Waals surface area contributed by atoms with Crippen molar-refractivity contribution in [2.75, 3.05) is 5.73 Å². The SMILES string of the molecule is CC.Cc1cc(F)c2ccc(N)nc2c1. The Morgan fingerprint density at radius 3 is 2.53 bits per heavy atom. The fourth-order valence-electron chi connectivity index (χ4n) is 1.34. The molecule has 0 aliphatic heterocycles. The molecule has 0 saturated carbocycles. The number of nitrogen functional groups attached to an aromatic ring is 1. The predicted octanol–water partition coefficient (Wildman–Crippen LogP) is 3.29. The number of aromatic nitrogens is 1. The van der Waals surface area contributed by atoms with Gasteiger partial charge in [-0.1, -0.05) is 13.8 Å². The van der Waals surface area contributed by atoms with Crippen LogP contribution in [0.2, 0.25) is 0 Å². The number of anilines is 1. The van der Waals surface area contributed by atoms with Crippen molar-refractivity contribution < 1.29 is 4.39 Å². The Labute approximate surface area is 88.9 Å². The fourth-order valence-corrected chi connectivity index (χ4v) is 1.34. The number of benzene rings is 1. The normalized spacial score (nSPS) is 9.60. The van der Waals surface area contributed by atoms with Gasteiger partial charge in [0.15, 0.2) is 0 Å². The maximum atomic E-state index is 13.3. The number of fused-ring (bicyclic) bond motifs is 1. The molecule has 80 valence electrons.